The van der Waals surface area contributed by atoms with Crippen LogP contribution in [0.5, 0.6) is 0 Å². The van der Waals surface area contributed by atoms with Crippen LogP contribution in [0.25, 0.3) is 11.0 Å². The van der Waals surface area contributed by atoms with Crippen molar-refractivity contribution < 1.29 is 13.2 Å². The number of H-pyrrole nitrogens is 2. The Morgan fingerprint density at radius 3 is 2.30 bits per heavy atom. The van der Waals surface area contributed by atoms with Gasteiger partial charge in [0.05, 0.1) is 40.5 Å². The molecule has 30 heavy (non-hydrogen) atoms. The third kappa shape index (κ3) is 4.00. The second-order valence-electron chi connectivity index (χ2n) is 6.94. The van der Waals surface area contributed by atoms with Gasteiger partial charge in [0.15, 0.2) is 0 Å². The highest BCUT2D eigenvalue weighted by atomic mass is 79.9. The molecule has 1 saturated heterocycles. The SMILES string of the molecule is Cc1cc2[nH]c(=O)c(=O)[nH]c2cc1S(=O)(=O)Nc1ccc(N2CCOCC2)c(Br)c1. The van der Waals surface area contributed by atoms with Crippen molar-refractivity contribution in [3.05, 3.63) is 61.1 Å². The summed E-state index contributed by atoms with van der Waals surface area (Å²) in [4.78, 5) is 30.1. The molecule has 0 spiro atoms. The number of aromatic nitrogens is 2. The van der Waals surface area contributed by atoms with Gasteiger partial charge in [-0.3, -0.25) is 14.3 Å². The largest absolute Gasteiger partial charge is 0.378 e. The lowest BCUT2D eigenvalue weighted by Crippen LogP contribution is -2.36. The van der Waals surface area contributed by atoms with Gasteiger partial charge in [0, 0.05) is 17.6 Å². The molecule has 1 aromatic heterocycles. The average Bonchev–Trinajstić information content (AvgIpc) is 2.69. The van der Waals surface area contributed by atoms with Gasteiger partial charge in [-0.15, -0.1) is 0 Å². The van der Waals surface area contributed by atoms with E-state index >= 15 is 0 Å². The molecule has 2 aromatic carbocycles. The number of sulfonamides is 1. The zero-order valence-corrected chi connectivity index (χ0v) is 18.4. The Labute approximate surface area is 180 Å². The Balaban J connectivity index is 1.66. The molecule has 2 heterocycles. The molecular formula is C19H19BrN4O5S. The minimum Gasteiger partial charge on any atom is -0.378 e. The van der Waals surface area contributed by atoms with E-state index in [-0.39, 0.29) is 10.4 Å². The van der Waals surface area contributed by atoms with Crippen LogP contribution in [0.4, 0.5) is 11.4 Å². The molecule has 11 heteroatoms. The Bertz CT molecular complexity index is 1340. The van der Waals surface area contributed by atoms with Gasteiger partial charge in [-0.05, 0) is 58.7 Å². The number of morpholine rings is 1. The van der Waals surface area contributed by atoms with Gasteiger partial charge >= 0.3 is 11.1 Å². The number of hydrogen-bond donors (Lipinski definition) is 3. The third-order valence-corrected chi connectivity index (χ3v) is 7.02. The number of anilines is 2. The smallest absolute Gasteiger partial charge is 0.314 e. The summed E-state index contributed by atoms with van der Waals surface area (Å²) in [6.45, 7) is 4.44. The molecule has 158 valence electrons. The minimum absolute atomic E-state index is 0.00563. The number of benzene rings is 2. The number of rotatable bonds is 4. The number of nitrogens with one attached hydrogen (secondary N) is 3. The minimum atomic E-state index is -3.93. The maximum atomic E-state index is 13.0. The summed E-state index contributed by atoms with van der Waals surface area (Å²) in [7, 11) is -3.93. The Hall–Kier alpha value is -2.63. The molecule has 1 aliphatic heterocycles. The first kappa shape index (κ1) is 20.6. The zero-order valence-electron chi connectivity index (χ0n) is 16.0. The van der Waals surface area contributed by atoms with Gasteiger partial charge in [-0.2, -0.15) is 0 Å². The quantitative estimate of drug-likeness (QED) is 0.476. The molecule has 9 nitrogen and oxygen atoms in total. The Morgan fingerprint density at radius 2 is 1.67 bits per heavy atom. The van der Waals surface area contributed by atoms with Crippen molar-refractivity contribution in [2.75, 3.05) is 35.9 Å². The number of nitrogens with zero attached hydrogens (tertiary/aromatic N) is 1. The van der Waals surface area contributed by atoms with Gasteiger partial charge in [0.25, 0.3) is 10.0 Å². The normalized spacial score (nSPS) is 14.8. The number of aryl methyl sites for hydroxylation is 1. The van der Waals surface area contributed by atoms with Crippen LogP contribution in [-0.4, -0.2) is 44.7 Å². The van der Waals surface area contributed by atoms with E-state index < -0.39 is 21.1 Å². The first-order valence-electron chi connectivity index (χ1n) is 9.16. The average molecular weight is 495 g/mol. The maximum absolute atomic E-state index is 13.0. The van der Waals surface area contributed by atoms with Gasteiger partial charge in [0.1, 0.15) is 0 Å². The third-order valence-electron chi connectivity index (χ3n) is 4.86. The molecular weight excluding hydrogens is 476 g/mol. The second-order valence-corrected chi connectivity index (χ2v) is 9.45. The zero-order chi connectivity index (χ0) is 21.5. The first-order valence-corrected chi connectivity index (χ1v) is 11.4. The van der Waals surface area contributed by atoms with E-state index in [2.05, 4.69) is 35.5 Å². The fourth-order valence-corrected chi connectivity index (χ4v) is 5.32. The van der Waals surface area contributed by atoms with Crippen LogP contribution < -0.4 is 20.7 Å². The van der Waals surface area contributed by atoms with Crippen LogP contribution in [0.15, 0.2) is 49.3 Å². The summed E-state index contributed by atoms with van der Waals surface area (Å²) in [5.74, 6) is 0. The molecule has 0 unspecified atom stereocenters. The van der Waals surface area contributed by atoms with E-state index in [4.69, 9.17) is 4.74 Å². The van der Waals surface area contributed by atoms with Crippen molar-refractivity contribution in [1.29, 1.82) is 0 Å². The predicted octanol–water partition coefficient (Wildman–Crippen LogP) is 1.92. The van der Waals surface area contributed by atoms with Crippen molar-refractivity contribution in [2.45, 2.75) is 11.8 Å². The van der Waals surface area contributed by atoms with Crippen molar-refractivity contribution in [3.63, 3.8) is 0 Å². The molecule has 3 N–H and O–H groups in total. The number of fused-ring (bicyclic) bond motifs is 1. The summed E-state index contributed by atoms with van der Waals surface area (Å²) in [6, 6.07) is 8.10. The summed E-state index contributed by atoms with van der Waals surface area (Å²) >= 11 is 3.52. The Morgan fingerprint density at radius 1 is 1.03 bits per heavy atom. The van der Waals surface area contributed by atoms with Crippen LogP contribution in [0.1, 0.15) is 5.56 Å². The van der Waals surface area contributed by atoms with E-state index in [0.717, 1.165) is 23.2 Å². The van der Waals surface area contributed by atoms with Crippen LogP contribution in [0.2, 0.25) is 0 Å². The summed E-state index contributed by atoms with van der Waals surface area (Å²) in [5, 5.41) is 0. The van der Waals surface area contributed by atoms with E-state index in [1.165, 1.54) is 12.1 Å². The van der Waals surface area contributed by atoms with E-state index in [9.17, 15) is 18.0 Å². The van der Waals surface area contributed by atoms with Crippen molar-refractivity contribution in [2.24, 2.45) is 0 Å². The highest BCUT2D eigenvalue weighted by molar-refractivity contribution is 9.10. The van der Waals surface area contributed by atoms with Crippen LogP contribution in [-0.2, 0) is 14.8 Å². The molecule has 0 saturated carbocycles. The summed E-state index contributed by atoms with van der Waals surface area (Å²) in [5.41, 5.74) is 0.744. The summed E-state index contributed by atoms with van der Waals surface area (Å²) in [6.07, 6.45) is 0. The van der Waals surface area contributed by atoms with Gasteiger partial charge in [-0.25, -0.2) is 8.42 Å². The predicted molar refractivity (Wildman–Crippen MR) is 118 cm³/mol. The lowest BCUT2D eigenvalue weighted by Gasteiger charge is -2.29. The van der Waals surface area contributed by atoms with Crippen LogP contribution in [0, 0.1) is 6.92 Å². The van der Waals surface area contributed by atoms with E-state index in [1.54, 1.807) is 19.1 Å². The fraction of sp³-hybridized carbons (Fsp3) is 0.263. The van der Waals surface area contributed by atoms with Gasteiger partial charge in [0.2, 0.25) is 0 Å². The standard InChI is InChI=1S/C19H19BrN4O5S/c1-11-8-14-15(22-19(26)18(25)21-14)10-17(11)30(27,28)23-12-2-3-16(13(20)9-12)24-4-6-29-7-5-24/h2-3,8-10,23H,4-7H2,1H3,(H,21,25)(H,22,26). The van der Waals surface area contributed by atoms with E-state index in [0.29, 0.717) is 30.0 Å². The Kier molecular flexibility index (Phi) is 5.43. The molecule has 1 fully saturated rings. The number of ether oxygens (including phenoxy) is 1. The molecule has 0 bridgehead atoms. The molecule has 4 rings (SSSR count). The number of hydrogen-bond acceptors (Lipinski definition) is 6. The molecule has 0 aliphatic carbocycles. The lowest BCUT2D eigenvalue weighted by atomic mass is 10.2. The van der Waals surface area contributed by atoms with Crippen LogP contribution >= 0.6 is 15.9 Å². The highest BCUT2D eigenvalue weighted by Crippen LogP contribution is 2.31. The van der Waals surface area contributed by atoms with E-state index in [1.807, 2.05) is 6.07 Å². The summed E-state index contributed by atoms with van der Waals surface area (Å²) < 4.78 is 34.7. The van der Waals surface area contributed by atoms with Crippen LogP contribution in [0.3, 0.4) is 0 Å². The van der Waals surface area contributed by atoms with Crippen molar-refractivity contribution in [3.8, 4) is 0 Å². The molecule has 0 atom stereocenters. The number of aromatic amines is 2. The molecule has 3 aromatic rings. The van der Waals surface area contributed by atoms with Crippen molar-refractivity contribution in [1.82, 2.24) is 9.97 Å². The van der Waals surface area contributed by atoms with Crippen molar-refractivity contribution >= 4 is 48.4 Å². The second kappa shape index (κ2) is 7.89. The van der Waals surface area contributed by atoms with Gasteiger partial charge in [-0.1, -0.05) is 0 Å². The van der Waals surface area contributed by atoms with Gasteiger partial charge < -0.3 is 19.6 Å². The topological polar surface area (TPSA) is 124 Å². The fourth-order valence-electron chi connectivity index (χ4n) is 3.38. The molecule has 0 amide bonds. The first-order chi connectivity index (χ1) is 14.2. The highest BCUT2D eigenvalue weighted by Gasteiger charge is 2.20. The molecule has 1 aliphatic rings. The monoisotopic (exact) mass is 494 g/mol. The maximum Gasteiger partial charge on any atom is 0.314 e. The number of halogens is 1. The molecule has 0 radical (unpaired) electrons. The lowest BCUT2D eigenvalue weighted by molar-refractivity contribution is 0.122.